The van der Waals surface area contributed by atoms with Crippen LogP contribution < -0.4 is 5.32 Å². The SMILES string of the molecule is COCCCNC(=O)/C=C/c1ccc(C#N)cc1. The Hall–Kier alpha value is -2.12. The van der Waals surface area contributed by atoms with Crippen LogP contribution in [-0.2, 0) is 9.53 Å². The van der Waals surface area contributed by atoms with Gasteiger partial charge in [0.1, 0.15) is 0 Å². The van der Waals surface area contributed by atoms with Crippen molar-refractivity contribution in [2.75, 3.05) is 20.3 Å². The first-order valence-electron chi connectivity index (χ1n) is 5.71. The number of nitriles is 1. The average molecular weight is 244 g/mol. The quantitative estimate of drug-likeness (QED) is 0.612. The minimum Gasteiger partial charge on any atom is -0.385 e. The monoisotopic (exact) mass is 244 g/mol. The highest BCUT2D eigenvalue weighted by molar-refractivity contribution is 5.91. The Labute approximate surface area is 107 Å². The van der Waals surface area contributed by atoms with Gasteiger partial charge in [-0.25, -0.2) is 0 Å². The molecule has 0 aliphatic carbocycles. The molecule has 0 spiro atoms. The Morgan fingerprint density at radius 3 is 2.78 bits per heavy atom. The number of nitrogens with zero attached hydrogens (tertiary/aromatic N) is 1. The lowest BCUT2D eigenvalue weighted by Gasteiger charge is -2.00. The highest BCUT2D eigenvalue weighted by atomic mass is 16.5. The van der Waals surface area contributed by atoms with E-state index in [2.05, 4.69) is 5.32 Å². The molecule has 0 saturated heterocycles. The van der Waals surface area contributed by atoms with Crippen molar-refractivity contribution in [3.63, 3.8) is 0 Å². The summed E-state index contributed by atoms with van der Waals surface area (Å²) < 4.78 is 4.88. The van der Waals surface area contributed by atoms with Crippen LogP contribution >= 0.6 is 0 Å². The smallest absolute Gasteiger partial charge is 0.244 e. The first kappa shape index (κ1) is 13.9. The minimum absolute atomic E-state index is 0.129. The van der Waals surface area contributed by atoms with Gasteiger partial charge in [0.05, 0.1) is 11.6 Å². The maximum Gasteiger partial charge on any atom is 0.244 e. The Kier molecular flexibility index (Phi) is 6.23. The number of carbonyl (C=O) groups excluding carboxylic acids is 1. The van der Waals surface area contributed by atoms with Crippen LogP contribution in [0.1, 0.15) is 17.5 Å². The van der Waals surface area contributed by atoms with Gasteiger partial charge in [-0.3, -0.25) is 4.79 Å². The average Bonchev–Trinajstić information content (AvgIpc) is 2.42. The summed E-state index contributed by atoms with van der Waals surface area (Å²) >= 11 is 0. The third-order valence-electron chi connectivity index (χ3n) is 2.29. The number of amides is 1. The second kappa shape index (κ2) is 8.04. The molecule has 1 N–H and O–H groups in total. The molecule has 0 fully saturated rings. The molecule has 1 amide bonds. The van der Waals surface area contributed by atoms with Crippen LogP contribution in [0, 0.1) is 11.3 Å². The number of ether oxygens (including phenoxy) is 1. The van der Waals surface area contributed by atoms with Gasteiger partial charge < -0.3 is 10.1 Å². The molecule has 4 heteroatoms. The third kappa shape index (κ3) is 5.28. The van der Waals surface area contributed by atoms with Gasteiger partial charge in [0.15, 0.2) is 0 Å². The van der Waals surface area contributed by atoms with Crippen molar-refractivity contribution in [3.8, 4) is 6.07 Å². The van der Waals surface area contributed by atoms with Gasteiger partial charge >= 0.3 is 0 Å². The zero-order valence-electron chi connectivity index (χ0n) is 10.3. The number of carbonyl (C=O) groups is 1. The predicted molar refractivity (Wildman–Crippen MR) is 69.7 cm³/mol. The van der Waals surface area contributed by atoms with Gasteiger partial charge in [0.2, 0.25) is 5.91 Å². The summed E-state index contributed by atoms with van der Waals surface area (Å²) in [6.07, 6.45) is 3.99. The van der Waals surface area contributed by atoms with Gasteiger partial charge in [0, 0.05) is 26.3 Å². The molecule has 4 nitrogen and oxygen atoms in total. The van der Waals surface area contributed by atoms with Gasteiger partial charge in [-0.05, 0) is 30.2 Å². The highest BCUT2D eigenvalue weighted by Crippen LogP contribution is 2.04. The van der Waals surface area contributed by atoms with E-state index in [4.69, 9.17) is 10.00 Å². The van der Waals surface area contributed by atoms with E-state index < -0.39 is 0 Å². The van der Waals surface area contributed by atoms with Crippen molar-refractivity contribution in [2.24, 2.45) is 0 Å². The molecule has 0 heterocycles. The molecular formula is C14H16N2O2. The summed E-state index contributed by atoms with van der Waals surface area (Å²) in [6, 6.07) is 9.08. The van der Waals surface area contributed by atoms with Gasteiger partial charge in [-0.15, -0.1) is 0 Å². The molecular weight excluding hydrogens is 228 g/mol. The Morgan fingerprint density at radius 1 is 1.44 bits per heavy atom. The first-order valence-corrected chi connectivity index (χ1v) is 5.71. The third-order valence-corrected chi connectivity index (χ3v) is 2.29. The minimum atomic E-state index is -0.129. The maximum atomic E-state index is 11.4. The summed E-state index contributed by atoms with van der Waals surface area (Å²) in [6.45, 7) is 1.24. The van der Waals surface area contributed by atoms with E-state index in [9.17, 15) is 4.79 Å². The van der Waals surface area contributed by atoms with Crippen molar-refractivity contribution < 1.29 is 9.53 Å². The maximum absolute atomic E-state index is 11.4. The van der Waals surface area contributed by atoms with Crippen LogP contribution in [0.2, 0.25) is 0 Å². The molecule has 0 radical (unpaired) electrons. The summed E-state index contributed by atoms with van der Waals surface area (Å²) in [5.41, 5.74) is 1.50. The number of hydrogen-bond acceptors (Lipinski definition) is 3. The fourth-order valence-corrected chi connectivity index (χ4v) is 1.33. The molecule has 0 aliphatic rings. The van der Waals surface area contributed by atoms with Crippen molar-refractivity contribution in [2.45, 2.75) is 6.42 Å². The lowest BCUT2D eigenvalue weighted by Crippen LogP contribution is -2.22. The fraction of sp³-hybridized carbons (Fsp3) is 0.286. The predicted octanol–water partition coefficient (Wildman–Crippen LogP) is 1.72. The van der Waals surface area contributed by atoms with E-state index in [1.807, 2.05) is 6.07 Å². The molecule has 1 aromatic carbocycles. The number of hydrogen-bond donors (Lipinski definition) is 1. The van der Waals surface area contributed by atoms with Crippen LogP contribution in [0.25, 0.3) is 6.08 Å². The van der Waals surface area contributed by atoms with E-state index in [0.29, 0.717) is 18.7 Å². The molecule has 0 aromatic heterocycles. The number of rotatable bonds is 6. The first-order chi connectivity index (χ1) is 8.76. The molecule has 0 atom stereocenters. The summed E-state index contributed by atoms with van der Waals surface area (Å²) in [7, 11) is 1.63. The zero-order chi connectivity index (χ0) is 13.2. The van der Waals surface area contributed by atoms with Gasteiger partial charge in [-0.1, -0.05) is 12.1 Å². The van der Waals surface area contributed by atoms with E-state index in [-0.39, 0.29) is 5.91 Å². The second-order valence-corrected chi connectivity index (χ2v) is 3.70. The molecule has 1 aromatic rings. The van der Waals surface area contributed by atoms with Crippen LogP contribution in [0.5, 0.6) is 0 Å². The Morgan fingerprint density at radius 2 is 2.17 bits per heavy atom. The summed E-state index contributed by atoms with van der Waals surface area (Å²) in [5.74, 6) is -0.129. The lowest BCUT2D eigenvalue weighted by molar-refractivity contribution is -0.116. The molecule has 0 unspecified atom stereocenters. The molecule has 1 rings (SSSR count). The molecule has 94 valence electrons. The van der Waals surface area contributed by atoms with Crippen molar-refractivity contribution in [1.29, 1.82) is 5.26 Å². The van der Waals surface area contributed by atoms with E-state index in [0.717, 1.165) is 12.0 Å². The molecule has 18 heavy (non-hydrogen) atoms. The van der Waals surface area contributed by atoms with Crippen LogP contribution in [-0.4, -0.2) is 26.2 Å². The fourth-order valence-electron chi connectivity index (χ4n) is 1.33. The molecule has 0 saturated carbocycles. The van der Waals surface area contributed by atoms with Crippen LogP contribution in [0.3, 0.4) is 0 Å². The number of methoxy groups -OCH3 is 1. The molecule has 0 bridgehead atoms. The highest BCUT2D eigenvalue weighted by Gasteiger charge is 1.95. The van der Waals surface area contributed by atoms with Crippen molar-refractivity contribution >= 4 is 12.0 Å². The normalized spacial score (nSPS) is 10.2. The molecule has 0 aliphatic heterocycles. The topological polar surface area (TPSA) is 62.1 Å². The summed E-state index contributed by atoms with van der Waals surface area (Å²) in [4.78, 5) is 11.4. The van der Waals surface area contributed by atoms with E-state index in [1.54, 1.807) is 37.5 Å². The van der Waals surface area contributed by atoms with E-state index in [1.165, 1.54) is 6.08 Å². The lowest BCUT2D eigenvalue weighted by atomic mass is 10.1. The Bertz CT molecular complexity index is 444. The standard InChI is InChI=1S/C14H16N2O2/c1-18-10-2-9-16-14(17)8-7-12-3-5-13(11-15)6-4-12/h3-8H,2,9-10H2,1H3,(H,16,17)/b8-7+. The second-order valence-electron chi connectivity index (χ2n) is 3.70. The largest absolute Gasteiger partial charge is 0.385 e. The van der Waals surface area contributed by atoms with E-state index >= 15 is 0 Å². The van der Waals surface area contributed by atoms with Gasteiger partial charge in [0.25, 0.3) is 0 Å². The van der Waals surface area contributed by atoms with Crippen molar-refractivity contribution in [3.05, 3.63) is 41.5 Å². The number of nitrogens with one attached hydrogen (secondary N) is 1. The van der Waals surface area contributed by atoms with Crippen LogP contribution in [0.15, 0.2) is 30.3 Å². The van der Waals surface area contributed by atoms with Crippen LogP contribution in [0.4, 0.5) is 0 Å². The van der Waals surface area contributed by atoms with Gasteiger partial charge in [-0.2, -0.15) is 5.26 Å². The van der Waals surface area contributed by atoms with Crippen molar-refractivity contribution in [1.82, 2.24) is 5.32 Å². The summed E-state index contributed by atoms with van der Waals surface area (Å²) in [5, 5.41) is 11.4. The Balaban J connectivity index is 2.38. The number of benzene rings is 1. The zero-order valence-corrected chi connectivity index (χ0v) is 10.3.